The highest BCUT2D eigenvalue weighted by Gasteiger charge is 2.20. The molecule has 2 aromatic carbocycles. The van der Waals surface area contributed by atoms with E-state index in [1.54, 1.807) is 26.4 Å². The van der Waals surface area contributed by atoms with Gasteiger partial charge in [-0.15, -0.1) is 5.10 Å². The zero-order valence-corrected chi connectivity index (χ0v) is 17.7. The number of carbonyl (C=O) groups is 1. The highest BCUT2D eigenvalue weighted by atomic mass is 16.5. The Bertz CT molecular complexity index is 1190. The van der Waals surface area contributed by atoms with Crippen LogP contribution in [0.5, 0.6) is 11.5 Å². The van der Waals surface area contributed by atoms with Gasteiger partial charge in [0.25, 0.3) is 0 Å². The lowest BCUT2D eigenvalue weighted by Gasteiger charge is -2.07. The number of nitrogens with one attached hydrogen (secondary N) is 2. The van der Waals surface area contributed by atoms with E-state index in [0.717, 1.165) is 22.6 Å². The third-order valence-corrected chi connectivity index (χ3v) is 4.70. The lowest BCUT2D eigenvalue weighted by Crippen LogP contribution is -2.17. The van der Waals surface area contributed by atoms with Crippen LogP contribution < -0.4 is 20.1 Å². The zero-order valence-electron chi connectivity index (χ0n) is 17.7. The summed E-state index contributed by atoms with van der Waals surface area (Å²) in [6, 6.07) is 18.5. The van der Waals surface area contributed by atoms with Gasteiger partial charge in [-0.25, -0.2) is 0 Å². The van der Waals surface area contributed by atoms with Crippen molar-refractivity contribution in [2.24, 2.45) is 0 Å². The molecule has 0 unspecified atom stereocenters. The first-order valence-electron chi connectivity index (χ1n) is 9.95. The molecule has 0 aliphatic rings. The fourth-order valence-electron chi connectivity index (χ4n) is 3.07. The van der Waals surface area contributed by atoms with Crippen LogP contribution in [0.15, 0.2) is 71.3 Å². The number of carbonyl (C=O) groups excluding carboxylic acids is 1. The summed E-state index contributed by atoms with van der Waals surface area (Å²) in [6.45, 7) is 0.891. The molecule has 2 heterocycles. The molecule has 9 heteroatoms. The number of methoxy groups -OCH3 is 2. The van der Waals surface area contributed by atoms with Gasteiger partial charge in [0.15, 0.2) is 5.76 Å². The van der Waals surface area contributed by atoms with Gasteiger partial charge in [-0.1, -0.05) is 24.3 Å². The molecule has 4 rings (SSSR count). The number of hydrogen-bond acceptors (Lipinski definition) is 8. The van der Waals surface area contributed by atoms with Crippen molar-refractivity contribution in [1.82, 2.24) is 14.8 Å². The van der Waals surface area contributed by atoms with Crippen LogP contribution >= 0.6 is 0 Å². The van der Waals surface area contributed by atoms with Crippen LogP contribution in [0.3, 0.4) is 0 Å². The minimum absolute atomic E-state index is 0.165. The molecule has 0 saturated carbocycles. The quantitative estimate of drug-likeness (QED) is 0.411. The van der Waals surface area contributed by atoms with E-state index in [1.807, 2.05) is 48.5 Å². The molecular weight excluding hydrogens is 410 g/mol. The summed E-state index contributed by atoms with van der Waals surface area (Å²) in [4.78, 5) is 17.3. The van der Waals surface area contributed by atoms with Crippen LogP contribution in [0.4, 0.5) is 11.9 Å². The Morgan fingerprint density at radius 2 is 1.59 bits per heavy atom. The van der Waals surface area contributed by atoms with Crippen molar-refractivity contribution in [3.63, 3.8) is 0 Å². The summed E-state index contributed by atoms with van der Waals surface area (Å²) in [5.41, 5.74) is 1.96. The van der Waals surface area contributed by atoms with E-state index in [4.69, 9.17) is 13.9 Å². The Balaban J connectivity index is 1.54. The smallest absolute Gasteiger partial charge is 0.317 e. The summed E-state index contributed by atoms with van der Waals surface area (Å²) >= 11 is 0. The summed E-state index contributed by atoms with van der Waals surface area (Å²) in [6.07, 6.45) is 1.44. The Morgan fingerprint density at radius 3 is 2.19 bits per heavy atom. The zero-order chi connectivity index (χ0) is 22.3. The fraction of sp³-hybridized carbons (Fsp3) is 0.174. The van der Waals surface area contributed by atoms with E-state index in [0.29, 0.717) is 25.0 Å². The average Bonchev–Trinajstić information content (AvgIpc) is 3.52. The largest absolute Gasteiger partial charge is 0.497 e. The molecule has 0 aliphatic heterocycles. The molecule has 2 N–H and O–H groups in total. The van der Waals surface area contributed by atoms with E-state index in [-0.39, 0.29) is 5.76 Å². The predicted molar refractivity (Wildman–Crippen MR) is 119 cm³/mol. The second kappa shape index (κ2) is 9.69. The Morgan fingerprint density at radius 1 is 0.938 bits per heavy atom. The number of nitrogens with zero attached hydrogens (tertiary/aromatic N) is 3. The standard InChI is InChI=1S/C23H23N5O4/c1-30-18-8-3-6-16(12-18)14-24-22-26-23(25-15-17-7-4-9-19(13-17)31-2)28(27-22)21(29)20-10-5-11-32-20/h3-13H,14-15H2,1-2H3,(H2,24,25,26,27). The van der Waals surface area contributed by atoms with Crippen LogP contribution in [0.1, 0.15) is 21.7 Å². The van der Waals surface area contributed by atoms with E-state index in [9.17, 15) is 4.79 Å². The average molecular weight is 433 g/mol. The van der Waals surface area contributed by atoms with E-state index in [2.05, 4.69) is 20.7 Å². The first kappa shape index (κ1) is 21.0. The number of ether oxygens (including phenoxy) is 2. The van der Waals surface area contributed by atoms with Crippen molar-refractivity contribution in [3.05, 3.63) is 83.8 Å². The molecule has 0 radical (unpaired) electrons. The highest BCUT2D eigenvalue weighted by molar-refractivity contribution is 5.94. The number of anilines is 2. The molecule has 0 bridgehead atoms. The Kier molecular flexibility index (Phi) is 6.35. The molecule has 2 aromatic heterocycles. The lowest BCUT2D eigenvalue weighted by molar-refractivity contribution is 0.0920. The van der Waals surface area contributed by atoms with Gasteiger partial charge in [0.1, 0.15) is 11.5 Å². The molecule has 0 saturated heterocycles. The highest BCUT2D eigenvalue weighted by Crippen LogP contribution is 2.18. The number of rotatable bonds is 9. The summed E-state index contributed by atoms with van der Waals surface area (Å²) in [5, 5.41) is 10.7. The SMILES string of the molecule is COc1cccc(CNc2nc(NCc3cccc(OC)c3)n(C(=O)c3ccco3)n2)c1. The molecule has 0 aliphatic carbocycles. The summed E-state index contributed by atoms with van der Waals surface area (Å²) in [7, 11) is 3.24. The van der Waals surface area contributed by atoms with Crippen LogP contribution in [0, 0.1) is 0 Å². The van der Waals surface area contributed by atoms with Gasteiger partial charge in [0, 0.05) is 13.1 Å². The van der Waals surface area contributed by atoms with Gasteiger partial charge in [-0.2, -0.15) is 9.67 Å². The molecular formula is C23H23N5O4. The van der Waals surface area contributed by atoms with Crippen molar-refractivity contribution >= 4 is 17.8 Å². The van der Waals surface area contributed by atoms with Crippen molar-refractivity contribution in [1.29, 1.82) is 0 Å². The van der Waals surface area contributed by atoms with E-state index < -0.39 is 5.91 Å². The molecule has 32 heavy (non-hydrogen) atoms. The van der Waals surface area contributed by atoms with Gasteiger partial charge in [-0.3, -0.25) is 4.79 Å². The maximum atomic E-state index is 12.9. The fourth-order valence-corrected chi connectivity index (χ4v) is 3.07. The molecule has 4 aromatic rings. The molecule has 0 atom stereocenters. The first-order valence-corrected chi connectivity index (χ1v) is 9.95. The van der Waals surface area contributed by atoms with Crippen LogP contribution in [0.25, 0.3) is 0 Å². The van der Waals surface area contributed by atoms with Gasteiger partial charge in [0.05, 0.1) is 20.5 Å². The maximum Gasteiger partial charge on any atom is 0.317 e. The monoisotopic (exact) mass is 433 g/mol. The van der Waals surface area contributed by atoms with Gasteiger partial charge < -0.3 is 24.5 Å². The van der Waals surface area contributed by atoms with E-state index in [1.165, 1.54) is 10.9 Å². The molecule has 0 spiro atoms. The lowest BCUT2D eigenvalue weighted by atomic mass is 10.2. The molecule has 0 amide bonds. The third kappa shape index (κ3) is 4.89. The minimum Gasteiger partial charge on any atom is -0.497 e. The Hall–Kier alpha value is -4.27. The second-order valence-electron chi connectivity index (χ2n) is 6.86. The van der Waals surface area contributed by atoms with Gasteiger partial charge in [-0.05, 0) is 47.5 Å². The summed E-state index contributed by atoms with van der Waals surface area (Å²) in [5.74, 6) is 1.85. The minimum atomic E-state index is -0.426. The molecule has 9 nitrogen and oxygen atoms in total. The number of hydrogen-bond donors (Lipinski definition) is 2. The first-order chi connectivity index (χ1) is 15.7. The van der Waals surface area contributed by atoms with Crippen LogP contribution in [-0.2, 0) is 13.1 Å². The van der Waals surface area contributed by atoms with Crippen molar-refractivity contribution in [3.8, 4) is 11.5 Å². The van der Waals surface area contributed by atoms with Crippen LogP contribution in [-0.4, -0.2) is 34.9 Å². The van der Waals surface area contributed by atoms with Crippen molar-refractivity contribution in [2.75, 3.05) is 24.9 Å². The van der Waals surface area contributed by atoms with Crippen molar-refractivity contribution < 1.29 is 18.7 Å². The predicted octanol–water partition coefficient (Wildman–Crippen LogP) is 3.80. The Labute approximate surface area is 185 Å². The summed E-state index contributed by atoms with van der Waals surface area (Å²) < 4.78 is 17.0. The number of furan rings is 1. The third-order valence-electron chi connectivity index (χ3n) is 4.70. The van der Waals surface area contributed by atoms with Crippen molar-refractivity contribution in [2.45, 2.75) is 13.1 Å². The normalized spacial score (nSPS) is 10.6. The van der Waals surface area contributed by atoms with Crippen LogP contribution in [0.2, 0.25) is 0 Å². The number of benzene rings is 2. The number of aromatic nitrogens is 3. The topological polar surface area (TPSA) is 103 Å². The van der Waals surface area contributed by atoms with Gasteiger partial charge in [0.2, 0.25) is 11.9 Å². The van der Waals surface area contributed by atoms with E-state index >= 15 is 0 Å². The molecule has 0 fully saturated rings. The van der Waals surface area contributed by atoms with Gasteiger partial charge >= 0.3 is 5.91 Å². The maximum absolute atomic E-state index is 12.9. The second-order valence-corrected chi connectivity index (χ2v) is 6.86. The molecule has 164 valence electrons.